The molecule has 7 saturated carbocycles. The van der Waals surface area contributed by atoms with Gasteiger partial charge < -0.3 is 37.0 Å². The molecule has 10 aliphatic rings. The highest BCUT2D eigenvalue weighted by Crippen LogP contribution is 2.58. The summed E-state index contributed by atoms with van der Waals surface area (Å²) in [6, 6.07) is 0. The Morgan fingerprint density at radius 1 is 0.224 bits per heavy atom. The van der Waals surface area contributed by atoms with E-state index < -0.39 is 63.1 Å². The molecule has 0 atom stereocenters. The van der Waals surface area contributed by atoms with Crippen LogP contribution in [0.5, 0.6) is 0 Å². The van der Waals surface area contributed by atoms with E-state index >= 15 is 0 Å². The third-order valence-electron chi connectivity index (χ3n) is 16.5. The van der Waals surface area contributed by atoms with Gasteiger partial charge in [-0.05, 0) is 89.9 Å². The SMILES string of the molecule is C1CCC([Si]2O[Si]3(C4CCCCC4)O[Si](C4CCCCC4)O[Si]4(C5CCCCC5)O[Si](C5CCCCC5)O[Si](C5CCCCC5)(O2)O[Si](C2CCCCC2)(O3)O4)CC1. The fourth-order valence-electron chi connectivity index (χ4n) is 13.1. The van der Waals surface area contributed by atoms with Crippen molar-refractivity contribution in [3.63, 3.8) is 0 Å². The van der Waals surface area contributed by atoms with E-state index in [0.29, 0.717) is 16.6 Å². The fourth-order valence-corrected chi connectivity index (χ4v) is 51.8. The molecule has 58 heavy (non-hydrogen) atoms. The van der Waals surface area contributed by atoms with Crippen LogP contribution in [0.15, 0.2) is 0 Å². The fraction of sp³-hybridized carbons (Fsp3) is 1.00. The summed E-state index contributed by atoms with van der Waals surface area (Å²) in [6.45, 7) is 0. The Morgan fingerprint density at radius 2 is 0.414 bits per heavy atom. The molecule has 3 saturated heterocycles. The summed E-state index contributed by atoms with van der Waals surface area (Å²) in [5, 5.41) is 0. The van der Waals surface area contributed by atoms with Gasteiger partial charge in [0.2, 0.25) is 0 Å². The van der Waals surface area contributed by atoms with E-state index in [1.807, 2.05) is 0 Å². The smallest absolute Gasteiger partial charge is 0.393 e. The monoisotopic (exact) mass is 921 g/mol. The van der Waals surface area contributed by atoms with Crippen LogP contribution in [0.3, 0.4) is 0 Å². The lowest BCUT2D eigenvalue weighted by Gasteiger charge is -2.60. The molecule has 327 valence electrons. The topological polar surface area (TPSA) is 83.1 Å². The second-order valence-electron chi connectivity index (χ2n) is 20.6. The molecule has 3 aliphatic heterocycles. The first-order valence-corrected chi connectivity index (χ1v) is 36.8. The van der Waals surface area contributed by atoms with Crippen molar-refractivity contribution in [1.29, 1.82) is 0 Å². The average Bonchev–Trinajstić information content (AvgIpc) is 3.28. The third-order valence-corrected chi connectivity index (χ3v) is 45.1. The van der Waals surface area contributed by atoms with Crippen molar-refractivity contribution in [3.05, 3.63) is 0 Å². The van der Waals surface area contributed by atoms with Gasteiger partial charge >= 0.3 is 63.1 Å². The molecule has 0 N–H and O–H groups in total. The van der Waals surface area contributed by atoms with Gasteiger partial charge in [-0.15, -0.1) is 0 Å². The number of hydrogen-bond donors (Lipinski definition) is 0. The lowest BCUT2D eigenvalue weighted by atomic mass is 10.0. The largest absolute Gasteiger partial charge is 0.482 e. The predicted molar refractivity (Wildman–Crippen MR) is 238 cm³/mol. The first-order chi connectivity index (χ1) is 28.6. The highest BCUT2D eigenvalue weighted by molar-refractivity contribution is 6.96. The zero-order valence-electron chi connectivity index (χ0n) is 36.0. The Bertz CT molecular complexity index is 1150. The third kappa shape index (κ3) is 9.05. The van der Waals surface area contributed by atoms with Crippen molar-refractivity contribution in [2.75, 3.05) is 0 Å². The maximum absolute atomic E-state index is 8.48. The summed E-state index contributed by atoms with van der Waals surface area (Å²) in [4.78, 5) is 0. The minimum Gasteiger partial charge on any atom is -0.393 e. The van der Waals surface area contributed by atoms with E-state index in [1.165, 1.54) is 173 Å². The van der Waals surface area contributed by atoms with Gasteiger partial charge in [-0.2, -0.15) is 0 Å². The molecule has 0 aromatic rings. The first-order valence-electron chi connectivity index (χ1n) is 25.4. The van der Waals surface area contributed by atoms with Crippen molar-refractivity contribution in [3.8, 4) is 0 Å². The van der Waals surface area contributed by atoms with Crippen molar-refractivity contribution in [2.45, 2.75) is 264 Å². The number of rotatable bonds is 7. The van der Waals surface area contributed by atoms with Gasteiger partial charge in [-0.3, -0.25) is 0 Å². The molecule has 0 unspecified atom stereocenters. The zero-order chi connectivity index (χ0) is 38.9. The van der Waals surface area contributed by atoms with Crippen LogP contribution in [0.25, 0.3) is 0 Å². The predicted octanol–water partition coefficient (Wildman–Crippen LogP) is 12.7. The van der Waals surface area contributed by atoms with Crippen LogP contribution >= 0.6 is 0 Å². The van der Waals surface area contributed by atoms with Crippen molar-refractivity contribution < 1.29 is 37.0 Å². The van der Waals surface area contributed by atoms with E-state index in [2.05, 4.69) is 0 Å². The Morgan fingerprint density at radius 3 is 0.638 bits per heavy atom. The zero-order valence-corrected chi connectivity index (χ0v) is 43.0. The molecule has 0 amide bonds. The van der Waals surface area contributed by atoms with E-state index in [0.717, 1.165) is 51.4 Å². The maximum Gasteiger partial charge on any atom is 0.482 e. The quantitative estimate of drug-likeness (QED) is 0.232. The van der Waals surface area contributed by atoms with Gasteiger partial charge in [0.05, 0.1) is 0 Å². The molecule has 3 radical (unpaired) electrons. The molecule has 0 spiro atoms. The summed E-state index contributed by atoms with van der Waals surface area (Å²) >= 11 is 0. The van der Waals surface area contributed by atoms with Crippen LogP contribution in [-0.2, 0) is 37.0 Å². The van der Waals surface area contributed by atoms with Crippen LogP contribution in [0.2, 0.25) is 38.8 Å². The summed E-state index contributed by atoms with van der Waals surface area (Å²) in [5.41, 5.74) is 2.13. The van der Waals surface area contributed by atoms with E-state index in [1.54, 1.807) is 0 Å². The molecule has 16 heteroatoms. The van der Waals surface area contributed by atoms with Gasteiger partial charge in [0, 0.05) is 38.8 Å². The molecular formula is C42H77O9Si7. The number of hydrogen-bond acceptors (Lipinski definition) is 9. The standard InChI is InChI=1S/C42H77O9Si7/c1-8-22-36(23-9-1)52-43-55(39-28-14-4-15-29-39)45-53(37-24-10-2-11-25-37)47-57(41-32-18-6-19-33-41)48-54(38-26-12-3-13-27-38)46-56(44-52,40-30-16-5-17-31-40)50-58(49-55,51-57)42-34-20-7-21-35-42/h36-42H,1-35H2. The second-order valence-corrected chi connectivity index (χ2v) is 40.4. The van der Waals surface area contributed by atoms with Crippen LogP contribution in [0.4, 0.5) is 0 Å². The van der Waals surface area contributed by atoms with E-state index in [9.17, 15) is 0 Å². The molecular weight excluding hydrogens is 845 g/mol. The lowest BCUT2D eigenvalue weighted by Crippen LogP contribution is -2.81. The van der Waals surface area contributed by atoms with Crippen LogP contribution < -0.4 is 0 Å². The summed E-state index contributed by atoms with van der Waals surface area (Å²) in [5.74, 6) is 0. The highest BCUT2D eigenvalue weighted by atomic mass is 28.6. The van der Waals surface area contributed by atoms with Gasteiger partial charge in [-0.25, -0.2) is 0 Å². The molecule has 0 aromatic carbocycles. The summed E-state index contributed by atoms with van der Waals surface area (Å²) < 4.78 is 74.7. The number of fused-ring (bicyclic) bond motifs is 3. The minimum absolute atomic E-state index is 0.185. The Kier molecular flexibility index (Phi) is 14.4. The molecule has 0 aromatic heterocycles. The Hall–Kier alpha value is 1.16. The van der Waals surface area contributed by atoms with Gasteiger partial charge in [0.1, 0.15) is 0 Å². The molecule has 10 rings (SSSR count). The van der Waals surface area contributed by atoms with Gasteiger partial charge in [0.25, 0.3) is 0 Å². The van der Waals surface area contributed by atoms with Crippen molar-refractivity contribution in [2.24, 2.45) is 0 Å². The summed E-state index contributed by atoms with van der Waals surface area (Å²) in [6.07, 6.45) is 42.1. The average molecular weight is 923 g/mol. The van der Waals surface area contributed by atoms with Gasteiger partial charge in [0.15, 0.2) is 0 Å². The normalized spacial score (nSPS) is 40.8. The minimum atomic E-state index is -3.72. The molecule has 9 nitrogen and oxygen atoms in total. The molecule has 4 bridgehead atoms. The van der Waals surface area contributed by atoms with Crippen LogP contribution in [0.1, 0.15) is 225 Å². The van der Waals surface area contributed by atoms with Crippen LogP contribution in [-0.4, -0.2) is 63.1 Å². The van der Waals surface area contributed by atoms with E-state index in [4.69, 9.17) is 37.0 Å². The molecule has 3 heterocycles. The van der Waals surface area contributed by atoms with E-state index in [-0.39, 0.29) is 22.2 Å². The van der Waals surface area contributed by atoms with Gasteiger partial charge in [-0.1, -0.05) is 135 Å². The van der Waals surface area contributed by atoms with Crippen LogP contribution in [0, 0.1) is 0 Å². The highest BCUT2D eigenvalue weighted by Gasteiger charge is 2.77. The van der Waals surface area contributed by atoms with Crippen molar-refractivity contribution >= 4 is 63.1 Å². The molecule has 7 aliphatic carbocycles. The Labute approximate surface area is 361 Å². The first kappa shape index (κ1) is 43.1. The lowest BCUT2D eigenvalue weighted by molar-refractivity contribution is 0.0286. The van der Waals surface area contributed by atoms with Crippen molar-refractivity contribution in [1.82, 2.24) is 0 Å². The Balaban J connectivity index is 1.20. The molecule has 10 fully saturated rings. The second kappa shape index (κ2) is 19.3. The maximum atomic E-state index is 8.48. The summed E-state index contributed by atoms with van der Waals surface area (Å²) in [7, 11) is -20.0.